The number of carbonyl (C=O) groups excluding carboxylic acids is 3. The molecule has 0 aliphatic heterocycles. The van der Waals surface area contributed by atoms with Crippen molar-refractivity contribution >= 4 is 17.9 Å². The molecule has 0 saturated carbocycles. The normalized spacial score (nSPS) is 12.6. The standard InChI is InChI=1S/C76H134O6/c1-4-7-10-13-16-19-21-23-25-27-29-31-33-34-35-36-37-38-39-40-41-42-44-45-47-49-51-53-55-57-60-63-66-69-75(78)81-72-73(71-80-74(77)68-65-62-59-18-15-12-9-6-3)82-76(79)70-67-64-61-58-56-54-52-50-48-46-43-32-30-28-26-24-22-20-17-14-11-8-5-2/h7,10,16,19,23,25,28-31,34-35,37-38,73H,4-6,8-9,11-15,17-18,20-22,24,26-27,32-33,36,39-72H2,1-3H3/b10-7-,19-16-,25-23-,30-28-,31-29-,35-34-,38-37-. The van der Waals surface area contributed by atoms with Gasteiger partial charge in [0.2, 0.25) is 0 Å². The van der Waals surface area contributed by atoms with Crippen molar-refractivity contribution in [3.63, 3.8) is 0 Å². The van der Waals surface area contributed by atoms with E-state index in [2.05, 4.69) is 106 Å². The summed E-state index contributed by atoms with van der Waals surface area (Å²) in [6.07, 6.45) is 93.5. The molecule has 6 heteroatoms. The summed E-state index contributed by atoms with van der Waals surface area (Å²) >= 11 is 0. The molecule has 0 aromatic rings. The minimum atomic E-state index is -0.774. The molecule has 1 unspecified atom stereocenters. The average molecular weight is 1140 g/mol. The lowest BCUT2D eigenvalue weighted by atomic mass is 10.0. The van der Waals surface area contributed by atoms with E-state index < -0.39 is 6.10 Å². The van der Waals surface area contributed by atoms with Crippen LogP contribution in [0.4, 0.5) is 0 Å². The molecule has 0 heterocycles. The Labute approximate surface area is 509 Å². The van der Waals surface area contributed by atoms with Gasteiger partial charge in [0.1, 0.15) is 13.2 Å². The number of hydrogen-bond donors (Lipinski definition) is 0. The SMILES string of the molecule is CC/C=C\C/C=C\C/C=C\C/C=C\C/C=C\C/C=C\CCCCCCCCCCCCCCCCC(=O)OCC(COC(=O)CCCCCCCCCC)OC(=O)CCCCCCCCCCCCC/C=C\CCCCCCCCCC. The van der Waals surface area contributed by atoms with E-state index in [-0.39, 0.29) is 31.1 Å². The molecular formula is C76H134O6. The molecule has 0 N–H and O–H groups in total. The van der Waals surface area contributed by atoms with Gasteiger partial charge in [-0.05, 0) is 96.3 Å². The highest BCUT2D eigenvalue weighted by Crippen LogP contribution is 2.18. The van der Waals surface area contributed by atoms with E-state index in [4.69, 9.17) is 14.2 Å². The number of carbonyl (C=O) groups is 3. The van der Waals surface area contributed by atoms with Crippen LogP contribution in [0, 0.1) is 0 Å². The van der Waals surface area contributed by atoms with Crippen molar-refractivity contribution in [1.29, 1.82) is 0 Å². The quantitative estimate of drug-likeness (QED) is 0.0261. The van der Waals surface area contributed by atoms with Crippen LogP contribution in [-0.2, 0) is 28.6 Å². The van der Waals surface area contributed by atoms with E-state index in [9.17, 15) is 14.4 Å². The maximum Gasteiger partial charge on any atom is 0.306 e. The van der Waals surface area contributed by atoms with Crippen LogP contribution in [0.3, 0.4) is 0 Å². The molecule has 0 radical (unpaired) electrons. The van der Waals surface area contributed by atoms with Crippen molar-refractivity contribution in [2.75, 3.05) is 13.2 Å². The molecule has 0 saturated heterocycles. The molecule has 6 nitrogen and oxygen atoms in total. The van der Waals surface area contributed by atoms with Crippen LogP contribution in [0.25, 0.3) is 0 Å². The van der Waals surface area contributed by atoms with E-state index in [1.54, 1.807) is 0 Å². The van der Waals surface area contributed by atoms with Crippen molar-refractivity contribution in [2.45, 2.75) is 367 Å². The van der Waals surface area contributed by atoms with Crippen LogP contribution in [0.15, 0.2) is 85.1 Å². The monoisotopic (exact) mass is 1140 g/mol. The van der Waals surface area contributed by atoms with Crippen LogP contribution >= 0.6 is 0 Å². The Morgan fingerprint density at radius 1 is 0.256 bits per heavy atom. The fourth-order valence-corrected chi connectivity index (χ4v) is 10.3. The van der Waals surface area contributed by atoms with Gasteiger partial charge in [-0.15, -0.1) is 0 Å². The molecule has 0 spiro atoms. The Balaban J connectivity index is 4.08. The second-order valence-corrected chi connectivity index (χ2v) is 23.8. The largest absolute Gasteiger partial charge is 0.462 e. The third-order valence-electron chi connectivity index (χ3n) is 15.6. The molecule has 0 fully saturated rings. The summed E-state index contributed by atoms with van der Waals surface area (Å²) in [6.45, 7) is 6.54. The first kappa shape index (κ1) is 78.6. The van der Waals surface area contributed by atoms with Crippen molar-refractivity contribution in [2.24, 2.45) is 0 Å². The Bertz CT molecular complexity index is 1550. The number of unbranched alkanes of at least 4 members (excludes halogenated alkanes) is 40. The number of ether oxygens (including phenoxy) is 3. The van der Waals surface area contributed by atoms with E-state index >= 15 is 0 Å². The van der Waals surface area contributed by atoms with E-state index in [1.807, 2.05) is 0 Å². The number of esters is 3. The summed E-state index contributed by atoms with van der Waals surface area (Å²) in [5.41, 5.74) is 0. The van der Waals surface area contributed by atoms with Crippen molar-refractivity contribution < 1.29 is 28.6 Å². The first-order chi connectivity index (χ1) is 40.5. The second kappa shape index (κ2) is 70.1. The van der Waals surface area contributed by atoms with Gasteiger partial charge in [-0.25, -0.2) is 0 Å². The van der Waals surface area contributed by atoms with Gasteiger partial charge in [0, 0.05) is 19.3 Å². The highest BCUT2D eigenvalue weighted by Gasteiger charge is 2.19. The number of allylic oxidation sites excluding steroid dienone is 14. The molecule has 0 amide bonds. The van der Waals surface area contributed by atoms with Crippen LogP contribution in [0.2, 0.25) is 0 Å². The second-order valence-electron chi connectivity index (χ2n) is 23.8. The van der Waals surface area contributed by atoms with Crippen molar-refractivity contribution in [1.82, 2.24) is 0 Å². The zero-order chi connectivity index (χ0) is 59.2. The van der Waals surface area contributed by atoms with Gasteiger partial charge < -0.3 is 14.2 Å². The van der Waals surface area contributed by atoms with Gasteiger partial charge in [0.05, 0.1) is 0 Å². The minimum Gasteiger partial charge on any atom is -0.462 e. The molecule has 0 aliphatic carbocycles. The molecule has 1 atom stereocenters. The van der Waals surface area contributed by atoms with Gasteiger partial charge in [-0.1, -0.05) is 331 Å². The van der Waals surface area contributed by atoms with Gasteiger partial charge >= 0.3 is 17.9 Å². The first-order valence-electron chi connectivity index (χ1n) is 35.6. The summed E-state index contributed by atoms with van der Waals surface area (Å²) in [5.74, 6) is -0.859. The molecule has 0 aromatic heterocycles. The smallest absolute Gasteiger partial charge is 0.306 e. The molecule has 474 valence electrons. The Hall–Kier alpha value is -3.41. The topological polar surface area (TPSA) is 78.9 Å². The summed E-state index contributed by atoms with van der Waals surface area (Å²) < 4.78 is 16.9. The van der Waals surface area contributed by atoms with E-state index in [0.717, 1.165) is 96.3 Å². The predicted molar refractivity (Wildman–Crippen MR) is 358 cm³/mol. The summed E-state index contributed by atoms with van der Waals surface area (Å²) in [6, 6.07) is 0. The molecule has 0 bridgehead atoms. The summed E-state index contributed by atoms with van der Waals surface area (Å²) in [4.78, 5) is 38.2. The van der Waals surface area contributed by atoms with Crippen LogP contribution in [0.1, 0.15) is 361 Å². The Morgan fingerprint density at radius 2 is 0.476 bits per heavy atom. The molecular weight excluding hydrogens is 1010 g/mol. The van der Waals surface area contributed by atoms with Gasteiger partial charge in [-0.3, -0.25) is 14.4 Å². The summed E-state index contributed by atoms with van der Waals surface area (Å²) in [7, 11) is 0. The maximum atomic E-state index is 12.9. The lowest BCUT2D eigenvalue weighted by Crippen LogP contribution is -2.30. The van der Waals surface area contributed by atoms with Crippen LogP contribution < -0.4 is 0 Å². The highest BCUT2D eigenvalue weighted by molar-refractivity contribution is 5.71. The zero-order valence-corrected chi connectivity index (χ0v) is 54.5. The Kier molecular flexibility index (Phi) is 67.2. The molecule has 0 rings (SSSR count). The van der Waals surface area contributed by atoms with Crippen LogP contribution in [-0.4, -0.2) is 37.2 Å². The fraction of sp³-hybridized carbons (Fsp3) is 0.776. The predicted octanol–water partition coefficient (Wildman–Crippen LogP) is 24.6. The van der Waals surface area contributed by atoms with Gasteiger partial charge in [-0.2, -0.15) is 0 Å². The first-order valence-corrected chi connectivity index (χ1v) is 35.6. The lowest BCUT2D eigenvalue weighted by Gasteiger charge is -2.18. The van der Waals surface area contributed by atoms with Crippen molar-refractivity contribution in [3.8, 4) is 0 Å². The van der Waals surface area contributed by atoms with E-state index in [1.165, 1.54) is 225 Å². The van der Waals surface area contributed by atoms with Crippen LogP contribution in [0.5, 0.6) is 0 Å². The van der Waals surface area contributed by atoms with E-state index in [0.29, 0.717) is 19.3 Å². The third-order valence-corrected chi connectivity index (χ3v) is 15.6. The average Bonchev–Trinajstić information content (AvgIpc) is 3.47. The summed E-state index contributed by atoms with van der Waals surface area (Å²) in [5, 5.41) is 0. The lowest BCUT2D eigenvalue weighted by molar-refractivity contribution is -0.167. The van der Waals surface area contributed by atoms with Crippen molar-refractivity contribution in [3.05, 3.63) is 85.1 Å². The highest BCUT2D eigenvalue weighted by atomic mass is 16.6. The molecule has 0 aliphatic rings. The fourth-order valence-electron chi connectivity index (χ4n) is 10.3. The zero-order valence-electron chi connectivity index (χ0n) is 54.5. The number of rotatable bonds is 65. The van der Waals surface area contributed by atoms with Gasteiger partial charge in [0.25, 0.3) is 0 Å². The molecule has 82 heavy (non-hydrogen) atoms. The third kappa shape index (κ3) is 67.4. The minimum absolute atomic E-state index is 0.0718. The van der Waals surface area contributed by atoms with Gasteiger partial charge in [0.15, 0.2) is 6.10 Å². The number of hydrogen-bond acceptors (Lipinski definition) is 6. The Morgan fingerprint density at radius 3 is 0.756 bits per heavy atom. The molecule has 0 aromatic carbocycles. The maximum absolute atomic E-state index is 12.9.